The maximum absolute atomic E-state index is 10.4. The van der Waals surface area contributed by atoms with Crippen LogP contribution in [0.25, 0.3) is 0 Å². The normalized spacial score (nSPS) is 13.0. The molecular weight excluding hydrogens is 466 g/mol. The average Bonchev–Trinajstić information content (AvgIpc) is 2.76. The lowest BCUT2D eigenvalue weighted by Gasteiger charge is -2.05. The first-order chi connectivity index (χ1) is 16.1. The third-order valence-corrected chi connectivity index (χ3v) is 3.77. The second kappa shape index (κ2) is 21.2. The summed E-state index contributed by atoms with van der Waals surface area (Å²) in [5.41, 5.74) is 26.2. The Kier molecular flexibility index (Phi) is 22.0. The van der Waals surface area contributed by atoms with Crippen molar-refractivity contribution in [1.29, 1.82) is 0 Å². The van der Waals surface area contributed by atoms with Gasteiger partial charge in [0.2, 0.25) is 0 Å². The molecule has 1 aromatic rings. The molecule has 0 bridgehead atoms. The predicted octanol–water partition coefficient (Wildman–Crippen LogP) is -1.29. The number of rotatable bonds is 10. The summed E-state index contributed by atoms with van der Waals surface area (Å²) in [4.78, 5) is 39.7. The van der Waals surface area contributed by atoms with Gasteiger partial charge in [-0.05, 0) is 57.4 Å². The van der Waals surface area contributed by atoms with Gasteiger partial charge >= 0.3 is 23.9 Å². The molecule has 202 valence electrons. The molecule has 0 aliphatic heterocycles. The zero-order valence-electron chi connectivity index (χ0n) is 19.9. The van der Waals surface area contributed by atoms with Gasteiger partial charge in [0.15, 0.2) is 0 Å². The minimum absolute atomic E-state index is 0.160. The molecule has 0 saturated heterocycles. The van der Waals surface area contributed by atoms with Gasteiger partial charge in [-0.1, -0.05) is 18.6 Å². The van der Waals surface area contributed by atoms with E-state index >= 15 is 0 Å². The molecule has 15 N–H and O–H groups in total. The minimum Gasteiger partial charge on any atom is -0.508 e. The molecule has 14 nitrogen and oxygen atoms in total. The summed E-state index contributed by atoms with van der Waals surface area (Å²) in [6.07, 6.45) is 2.44. The molecule has 0 aliphatic carbocycles. The second-order valence-corrected chi connectivity index (χ2v) is 7.30. The summed E-state index contributed by atoms with van der Waals surface area (Å²) in [6, 6.07) is 3.25. The van der Waals surface area contributed by atoms with Crippen LogP contribution >= 0.6 is 0 Å². The standard InChI is InChI=1S/C9H11NO3.C6H14N2O2.2C3H7NO2/c10-8(9(12)13)5-6-1-3-7(11)4-2-6;7-4-2-1-3-5(8)6(9)10;2*1-2(4)3(5)6/h1-4,8,11H,5,10H2,(H,12,13);5H,1-4,7-8H2,(H,9,10);2*2H,4H2,1H3,(H,5,6)/t8-;5-;2*2-/m0000/s1. The van der Waals surface area contributed by atoms with E-state index in [4.69, 9.17) is 54.2 Å². The molecule has 0 spiro atoms. The number of benzene rings is 1. The molecule has 14 heteroatoms. The Labute approximate surface area is 203 Å². The van der Waals surface area contributed by atoms with Crippen LogP contribution in [0, 0.1) is 0 Å². The van der Waals surface area contributed by atoms with Crippen molar-refractivity contribution in [2.45, 2.75) is 63.7 Å². The van der Waals surface area contributed by atoms with Crippen molar-refractivity contribution in [1.82, 2.24) is 0 Å². The van der Waals surface area contributed by atoms with Gasteiger partial charge in [-0.3, -0.25) is 19.2 Å². The first kappa shape index (κ1) is 36.3. The molecule has 0 aromatic heterocycles. The first-order valence-corrected chi connectivity index (χ1v) is 10.5. The van der Waals surface area contributed by atoms with Gasteiger partial charge in [-0.2, -0.15) is 0 Å². The van der Waals surface area contributed by atoms with Crippen LogP contribution in [0.2, 0.25) is 0 Å². The molecule has 1 aromatic carbocycles. The molecule has 0 heterocycles. The average molecular weight is 506 g/mol. The topological polar surface area (TPSA) is 300 Å². The number of carboxylic acids is 4. The monoisotopic (exact) mass is 505 g/mol. The van der Waals surface area contributed by atoms with Gasteiger partial charge in [0.25, 0.3) is 0 Å². The van der Waals surface area contributed by atoms with Crippen LogP contribution in [-0.4, -0.2) is 80.1 Å². The smallest absolute Gasteiger partial charge is 0.320 e. The number of carbonyl (C=O) groups is 4. The third-order valence-electron chi connectivity index (χ3n) is 3.77. The SMILES string of the molecule is C[C@H](N)C(=O)O.C[C@H](N)C(=O)O.NCCCC[C@H](N)C(=O)O.N[C@@H](Cc1ccc(O)cc1)C(=O)O. The van der Waals surface area contributed by atoms with E-state index in [2.05, 4.69) is 0 Å². The summed E-state index contributed by atoms with van der Waals surface area (Å²) >= 11 is 0. The number of phenols is 1. The fourth-order valence-electron chi connectivity index (χ4n) is 1.61. The zero-order valence-corrected chi connectivity index (χ0v) is 19.9. The van der Waals surface area contributed by atoms with Gasteiger partial charge in [0, 0.05) is 0 Å². The van der Waals surface area contributed by atoms with Gasteiger partial charge < -0.3 is 54.2 Å². The lowest BCUT2D eigenvalue weighted by Crippen LogP contribution is -2.32. The summed E-state index contributed by atoms with van der Waals surface area (Å²) in [7, 11) is 0. The highest BCUT2D eigenvalue weighted by molar-refractivity contribution is 5.74. The Balaban J connectivity index is -0.000000415. The Bertz CT molecular complexity index is 725. The highest BCUT2D eigenvalue weighted by atomic mass is 16.4. The summed E-state index contributed by atoms with van der Waals surface area (Å²) in [6.45, 7) is 3.44. The number of aromatic hydroxyl groups is 1. The van der Waals surface area contributed by atoms with Crippen LogP contribution in [0.3, 0.4) is 0 Å². The number of hydrogen-bond donors (Lipinski definition) is 10. The van der Waals surface area contributed by atoms with Crippen LogP contribution in [0.5, 0.6) is 5.75 Å². The van der Waals surface area contributed by atoms with Crippen molar-refractivity contribution < 1.29 is 44.7 Å². The van der Waals surface area contributed by atoms with Gasteiger partial charge in [0.1, 0.15) is 29.9 Å². The molecule has 0 aliphatic rings. The second-order valence-electron chi connectivity index (χ2n) is 7.30. The number of phenolic OH excluding ortho intramolecular Hbond substituents is 1. The van der Waals surface area contributed by atoms with Crippen molar-refractivity contribution in [3.05, 3.63) is 29.8 Å². The summed E-state index contributed by atoms with van der Waals surface area (Å²) < 4.78 is 0. The van der Waals surface area contributed by atoms with E-state index in [1.165, 1.54) is 26.0 Å². The quantitative estimate of drug-likeness (QED) is 0.165. The van der Waals surface area contributed by atoms with Crippen molar-refractivity contribution in [3.63, 3.8) is 0 Å². The maximum Gasteiger partial charge on any atom is 0.320 e. The number of hydrogen-bond acceptors (Lipinski definition) is 10. The lowest BCUT2D eigenvalue weighted by molar-refractivity contribution is -0.139. The number of carboxylic acid groups (broad SMARTS) is 4. The van der Waals surface area contributed by atoms with Crippen LogP contribution < -0.4 is 28.7 Å². The van der Waals surface area contributed by atoms with Gasteiger partial charge in [-0.25, -0.2) is 0 Å². The summed E-state index contributed by atoms with van der Waals surface area (Å²) in [5.74, 6) is -3.72. The molecule has 35 heavy (non-hydrogen) atoms. The van der Waals surface area contributed by atoms with E-state index in [1.54, 1.807) is 12.1 Å². The fraction of sp³-hybridized carbons (Fsp3) is 0.524. The Morgan fingerprint density at radius 1 is 0.714 bits per heavy atom. The van der Waals surface area contributed by atoms with Crippen molar-refractivity contribution in [2.75, 3.05) is 6.54 Å². The molecule has 4 atom stereocenters. The number of nitrogens with two attached hydrogens (primary N) is 5. The Hall–Kier alpha value is -3.30. The minimum atomic E-state index is -1.02. The Morgan fingerprint density at radius 2 is 1.09 bits per heavy atom. The van der Waals surface area contributed by atoms with Crippen LogP contribution in [0.1, 0.15) is 38.7 Å². The molecule has 0 fully saturated rings. The summed E-state index contributed by atoms with van der Waals surface area (Å²) in [5, 5.41) is 41.5. The van der Waals surface area contributed by atoms with Gasteiger partial charge in [-0.15, -0.1) is 0 Å². The lowest BCUT2D eigenvalue weighted by atomic mass is 10.1. The van der Waals surface area contributed by atoms with E-state index in [1.807, 2.05) is 0 Å². The van der Waals surface area contributed by atoms with Gasteiger partial charge in [0.05, 0.1) is 0 Å². The molecule has 1 rings (SSSR count). The van der Waals surface area contributed by atoms with E-state index in [0.717, 1.165) is 18.4 Å². The van der Waals surface area contributed by atoms with Crippen LogP contribution in [0.4, 0.5) is 0 Å². The van der Waals surface area contributed by atoms with Crippen LogP contribution in [-0.2, 0) is 25.6 Å². The van der Waals surface area contributed by atoms with Crippen molar-refractivity contribution in [2.24, 2.45) is 28.7 Å². The third kappa shape index (κ3) is 25.2. The van der Waals surface area contributed by atoms with Crippen LogP contribution in [0.15, 0.2) is 24.3 Å². The van der Waals surface area contributed by atoms with Crippen molar-refractivity contribution >= 4 is 23.9 Å². The van der Waals surface area contributed by atoms with E-state index < -0.39 is 48.0 Å². The molecule has 0 amide bonds. The Morgan fingerprint density at radius 3 is 1.37 bits per heavy atom. The van der Waals surface area contributed by atoms with E-state index in [0.29, 0.717) is 13.0 Å². The maximum atomic E-state index is 10.4. The first-order valence-electron chi connectivity index (χ1n) is 10.5. The number of unbranched alkanes of at least 4 members (excludes halogenated alkanes) is 1. The largest absolute Gasteiger partial charge is 0.508 e. The molecular formula is C21H39N5O9. The fourth-order valence-corrected chi connectivity index (χ4v) is 1.61. The number of aliphatic carboxylic acids is 4. The zero-order chi connectivity index (χ0) is 28.1. The molecule has 0 radical (unpaired) electrons. The molecule has 0 unspecified atom stereocenters. The highest BCUT2D eigenvalue weighted by Gasteiger charge is 2.11. The predicted molar refractivity (Wildman–Crippen MR) is 129 cm³/mol. The highest BCUT2D eigenvalue weighted by Crippen LogP contribution is 2.10. The van der Waals surface area contributed by atoms with E-state index in [9.17, 15) is 19.2 Å². The van der Waals surface area contributed by atoms with Crippen molar-refractivity contribution in [3.8, 4) is 5.75 Å². The van der Waals surface area contributed by atoms with E-state index in [-0.39, 0.29) is 12.2 Å². The molecule has 0 saturated carbocycles.